The van der Waals surface area contributed by atoms with Crippen LogP contribution in [0.15, 0.2) is 54.6 Å². The first-order chi connectivity index (χ1) is 13.0. The third-order valence-electron chi connectivity index (χ3n) is 4.65. The second kappa shape index (κ2) is 8.58. The van der Waals surface area contributed by atoms with Gasteiger partial charge in [-0.05, 0) is 42.7 Å². The van der Waals surface area contributed by atoms with Crippen LogP contribution in [0.1, 0.15) is 18.4 Å². The third kappa shape index (κ3) is 4.78. The zero-order valence-corrected chi connectivity index (χ0v) is 15.7. The maximum atomic E-state index is 12.7. The van der Waals surface area contributed by atoms with Crippen LogP contribution in [-0.4, -0.2) is 43.6 Å². The summed E-state index contributed by atoms with van der Waals surface area (Å²) in [4.78, 5) is 28.6. The quantitative estimate of drug-likeness (QED) is 0.879. The van der Waals surface area contributed by atoms with Gasteiger partial charge >= 0.3 is 6.09 Å². The van der Waals surface area contributed by atoms with E-state index in [0.717, 1.165) is 23.4 Å². The molecule has 1 atom stereocenters. The minimum Gasteiger partial charge on any atom is -0.445 e. The molecule has 1 saturated heterocycles. The number of benzene rings is 2. The van der Waals surface area contributed by atoms with E-state index in [1.807, 2.05) is 73.6 Å². The molecule has 6 nitrogen and oxygen atoms in total. The number of ether oxygens (including phenoxy) is 1. The lowest BCUT2D eigenvalue weighted by Crippen LogP contribution is -2.43. The number of carbonyl (C=O) groups excluding carboxylic acids is 2. The molecule has 0 spiro atoms. The van der Waals surface area contributed by atoms with Crippen LogP contribution in [0, 0.1) is 0 Å². The van der Waals surface area contributed by atoms with Gasteiger partial charge in [-0.1, -0.05) is 30.3 Å². The predicted octanol–water partition coefficient (Wildman–Crippen LogP) is 3.49. The van der Waals surface area contributed by atoms with Crippen LogP contribution in [0.2, 0.25) is 0 Å². The van der Waals surface area contributed by atoms with Crippen molar-refractivity contribution in [3.05, 3.63) is 60.2 Å². The fourth-order valence-electron chi connectivity index (χ4n) is 3.13. The number of amides is 2. The van der Waals surface area contributed by atoms with Crippen molar-refractivity contribution in [3.63, 3.8) is 0 Å². The van der Waals surface area contributed by atoms with Crippen molar-refractivity contribution in [2.75, 3.05) is 30.9 Å². The minimum atomic E-state index is -0.498. The third-order valence-corrected chi connectivity index (χ3v) is 4.65. The van der Waals surface area contributed by atoms with E-state index in [-0.39, 0.29) is 12.5 Å². The Kier molecular flexibility index (Phi) is 5.96. The molecule has 1 unspecified atom stereocenters. The first kappa shape index (κ1) is 18.8. The van der Waals surface area contributed by atoms with Crippen LogP contribution in [0.25, 0.3) is 0 Å². The van der Waals surface area contributed by atoms with Crippen LogP contribution in [0.3, 0.4) is 0 Å². The Hall–Kier alpha value is -3.02. The van der Waals surface area contributed by atoms with Crippen molar-refractivity contribution in [1.29, 1.82) is 0 Å². The number of hydrogen-bond acceptors (Lipinski definition) is 4. The van der Waals surface area contributed by atoms with E-state index in [2.05, 4.69) is 5.32 Å². The second-order valence-electron chi connectivity index (χ2n) is 6.82. The molecule has 1 heterocycles. The fourth-order valence-corrected chi connectivity index (χ4v) is 3.13. The van der Waals surface area contributed by atoms with Crippen molar-refractivity contribution < 1.29 is 14.3 Å². The van der Waals surface area contributed by atoms with Crippen LogP contribution in [0.5, 0.6) is 0 Å². The SMILES string of the molecule is CN(C)c1ccc(NC(=O)C2CCCN2C(=O)OCc2ccccc2)cc1. The van der Waals surface area contributed by atoms with Crippen molar-refractivity contribution in [2.24, 2.45) is 0 Å². The number of nitrogens with one attached hydrogen (secondary N) is 1. The van der Waals surface area contributed by atoms with Crippen molar-refractivity contribution in [2.45, 2.75) is 25.5 Å². The van der Waals surface area contributed by atoms with E-state index in [4.69, 9.17) is 4.74 Å². The van der Waals surface area contributed by atoms with E-state index >= 15 is 0 Å². The standard InChI is InChI=1S/C21H25N3O3/c1-23(2)18-12-10-17(11-13-18)22-20(25)19-9-6-14-24(19)21(26)27-15-16-7-4-3-5-8-16/h3-5,7-8,10-13,19H,6,9,14-15H2,1-2H3,(H,22,25). The van der Waals surface area contributed by atoms with Crippen LogP contribution < -0.4 is 10.2 Å². The first-order valence-electron chi connectivity index (χ1n) is 9.10. The van der Waals surface area contributed by atoms with E-state index in [9.17, 15) is 9.59 Å². The van der Waals surface area contributed by atoms with E-state index in [0.29, 0.717) is 13.0 Å². The summed E-state index contributed by atoms with van der Waals surface area (Å²) in [5.41, 5.74) is 2.70. The smallest absolute Gasteiger partial charge is 0.410 e. The molecule has 2 amide bonds. The van der Waals surface area contributed by atoms with Gasteiger partial charge in [0, 0.05) is 32.0 Å². The summed E-state index contributed by atoms with van der Waals surface area (Å²) in [6, 6.07) is 16.6. The molecule has 0 bridgehead atoms. The van der Waals surface area contributed by atoms with E-state index in [1.54, 1.807) is 0 Å². The highest BCUT2D eigenvalue weighted by Gasteiger charge is 2.35. The Morgan fingerprint density at radius 1 is 1.11 bits per heavy atom. The lowest BCUT2D eigenvalue weighted by atomic mass is 10.2. The molecule has 0 aliphatic carbocycles. The van der Waals surface area contributed by atoms with Gasteiger partial charge in [0.2, 0.25) is 5.91 Å². The number of hydrogen-bond donors (Lipinski definition) is 1. The van der Waals surface area contributed by atoms with Gasteiger partial charge in [0.1, 0.15) is 12.6 Å². The Balaban J connectivity index is 1.57. The molecule has 2 aromatic carbocycles. The monoisotopic (exact) mass is 367 g/mol. The molecule has 1 aliphatic heterocycles. The normalized spacial score (nSPS) is 16.1. The summed E-state index contributed by atoms with van der Waals surface area (Å²) in [7, 11) is 3.93. The van der Waals surface area contributed by atoms with E-state index < -0.39 is 12.1 Å². The van der Waals surface area contributed by atoms with Gasteiger partial charge in [-0.2, -0.15) is 0 Å². The number of carbonyl (C=O) groups is 2. The Morgan fingerprint density at radius 3 is 2.48 bits per heavy atom. The number of anilines is 2. The maximum absolute atomic E-state index is 12.7. The molecule has 27 heavy (non-hydrogen) atoms. The zero-order valence-electron chi connectivity index (χ0n) is 15.7. The molecule has 1 fully saturated rings. The molecule has 142 valence electrons. The highest BCUT2D eigenvalue weighted by Crippen LogP contribution is 2.22. The largest absolute Gasteiger partial charge is 0.445 e. The van der Waals surface area contributed by atoms with Gasteiger partial charge in [0.05, 0.1) is 0 Å². The lowest BCUT2D eigenvalue weighted by Gasteiger charge is -2.23. The highest BCUT2D eigenvalue weighted by atomic mass is 16.6. The molecule has 0 aromatic heterocycles. The number of rotatable bonds is 5. The second-order valence-corrected chi connectivity index (χ2v) is 6.82. The molecule has 2 aromatic rings. The number of likely N-dealkylation sites (tertiary alicyclic amines) is 1. The van der Waals surface area contributed by atoms with Gasteiger partial charge in [0.25, 0.3) is 0 Å². The molecule has 0 radical (unpaired) electrons. The summed E-state index contributed by atoms with van der Waals surface area (Å²) in [5, 5.41) is 2.90. The molecule has 0 saturated carbocycles. The van der Waals surface area contributed by atoms with Crippen molar-refractivity contribution >= 4 is 23.4 Å². The fraction of sp³-hybridized carbons (Fsp3) is 0.333. The van der Waals surface area contributed by atoms with Gasteiger partial charge < -0.3 is 15.0 Å². The van der Waals surface area contributed by atoms with E-state index in [1.165, 1.54) is 4.90 Å². The minimum absolute atomic E-state index is 0.179. The summed E-state index contributed by atoms with van der Waals surface area (Å²) in [6.07, 6.45) is 0.986. The van der Waals surface area contributed by atoms with Gasteiger partial charge in [-0.25, -0.2) is 4.79 Å². The molecular formula is C21H25N3O3. The summed E-state index contributed by atoms with van der Waals surface area (Å²) < 4.78 is 5.39. The Bertz CT molecular complexity index is 775. The maximum Gasteiger partial charge on any atom is 0.410 e. The average molecular weight is 367 g/mol. The molecular weight excluding hydrogens is 342 g/mol. The molecule has 6 heteroatoms. The van der Waals surface area contributed by atoms with Gasteiger partial charge in [-0.3, -0.25) is 9.69 Å². The topological polar surface area (TPSA) is 61.9 Å². The lowest BCUT2D eigenvalue weighted by molar-refractivity contribution is -0.120. The van der Waals surface area contributed by atoms with Gasteiger partial charge in [-0.15, -0.1) is 0 Å². The van der Waals surface area contributed by atoms with Crippen LogP contribution >= 0.6 is 0 Å². The first-order valence-corrected chi connectivity index (χ1v) is 9.10. The predicted molar refractivity (Wildman–Crippen MR) is 106 cm³/mol. The zero-order chi connectivity index (χ0) is 19.2. The van der Waals surface area contributed by atoms with Gasteiger partial charge in [0.15, 0.2) is 0 Å². The Morgan fingerprint density at radius 2 is 1.81 bits per heavy atom. The van der Waals surface area contributed by atoms with Crippen molar-refractivity contribution in [1.82, 2.24) is 4.90 Å². The van der Waals surface area contributed by atoms with Crippen molar-refractivity contribution in [3.8, 4) is 0 Å². The summed E-state index contributed by atoms with van der Waals surface area (Å²) in [5.74, 6) is -0.179. The Labute approximate surface area is 159 Å². The molecule has 1 aliphatic rings. The van der Waals surface area contributed by atoms with Crippen LogP contribution in [0.4, 0.5) is 16.2 Å². The molecule has 1 N–H and O–H groups in total. The van der Waals surface area contributed by atoms with Crippen LogP contribution in [-0.2, 0) is 16.1 Å². The average Bonchev–Trinajstić information content (AvgIpc) is 3.17. The summed E-state index contributed by atoms with van der Waals surface area (Å²) in [6.45, 7) is 0.738. The number of nitrogens with zero attached hydrogens (tertiary/aromatic N) is 2. The molecule has 3 rings (SSSR count). The highest BCUT2D eigenvalue weighted by molar-refractivity contribution is 5.97. The summed E-state index contributed by atoms with van der Waals surface area (Å²) >= 11 is 0.